The first-order valence-corrected chi connectivity index (χ1v) is 10.3. The number of nitrogens with one attached hydrogen (secondary N) is 1. The number of nitrogens with zero attached hydrogens (tertiary/aromatic N) is 1. The second-order valence-electron chi connectivity index (χ2n) is 7.57. The smallest absolute Gasteiger partial charge is 0.329 e. The van der Waals surface area contributed by atoms with Crippen LogP contribution in [0.5, 0.6) is 0 Å². The highest BCUT2D eigenvalue weighted by atomic mass is 35.5. The molecule has 6 nitrogen and oxygen atoms in total. The van der Waals surface area contributed by atoms with E-state index in [1.165, 1.54) is 0 Å². The molecule has 154 valence electrons. The third kappa shape index (κ3) is 7.15. The summed E-state index contributed by atoms with van der Waals surface area (Å²) < 4.78 is 5.25. The van der Waals surface area contributed by atoms with E-state index in [9.17, 15) is 14.4 Å². The van der Waals surface area contributed by atoms with Gasteiger partial charge in [-0.3, -0.25) is 9.59 Å². The molecule has 1 aliphatic rings. The predicted octanol–water partition coefficient (Wildman–Crippen LogP) is 3.43. The summed E-state index contributed by atoms with van der Waals surface area (Å²) in [6, 6.07) is 5.62. The van der Waals surface area contributed by atoms with Crippen LogP contribution in [0.3, 0.4) is 0 Å². The Hall–Kier alpha value is -2.08. The summed E-state index contributed by atoms with van der Waals surface area (Å²) in [7, 11) is 0. The molecule has 0 saturated carbocycles. The van der Waals surface area contributed by atoms with E-state index < -0.39 is 12.0 Å². The van der Waals surface area contributed by atoms with E-state index in [2.05, 4.69) is 5.32 Å². The van der Waals surface area contributed by atoms with Crippen LogP contribution in [0.1, 0.15) is 56.3 Å². The van der Waals surface area contributed by atoms with Crippen LogP contribution in [-0.4, -0.2) is 48.4 Å². The normalized spacial score (nSPS) is 15.6. The average molecular weight is 409 g/mol. The zero-order chi connectivity index (χ0) is 20.5. The number of carbonyl (C=O) groups is 3. The fourth-order valence-corrected chi connectivity index (χ4v) is 3.30. The molecular formula is C21H29ClN2O4. The number of hydrogen-bond acceptors (Lipinski definition) is 4. The number of amides is 2. The lowest BCUT2D eigenvalue weighted by molar-refractivity contribution is -0.153. The highest BCUT2D eigenvalue weighted by molar-refractivity contribution is 6.30. The number of halogens is 1. The Balaban J connectivity index is 1.93. The molecule has 1 aromatic rings. The molecule has 7 heteroatoms. The van der Waals surface area contributed by atoms with Crippen molar-refractivity contribution in [1.29, 1.82) is 0 Å². The molecule has 1 aromatic carbocycles. The summed E-state index contributed by atoms with van der Waals surface area (Å²) in [5.41, 5.74) is 0.409. The lowest BCUT2D eigenvalue weighted by Crippen LogP contribution is -2.44. The second-order valence-corrected chi connectivity index (χ2v) is 8.00. The van der Waals surface area contributed by atoms with Crippen LogP contribution in [0, 0.1) is 5.92 Å². The molecule has 1 fully saturated rings. The number of likely N-dealkylation sites (tertiary alicyclic amines) is 1. The molecule has 2 rings (SSSR count). The Kier molecular flexibility index (Phi) is 8.77. The number of ether oxygens (including phenoxy) is 1. The van der Waals surface area contributed by atoms with Crippen molar-refractivity contribution in [1.82, 2.24) is 10.2 Å². The van der Waals surface area contributed by atoms with E-state index in [-0.39, 0.29) is 24.3 Å². The van der Waals surface area contributed by atoms with Gasteiger partial charge in [-0.1, -0.05) is 38.3 Å². The van der Waals surface area contributed by atoms with E-state index in [4.69, 9.17) is 16.3 Å². The Bertz CT molecular complexity index is 667. The fourth-order valence-electron chi connectivity index (χ4n) is 3.17. The van der Waals surface area contributed by atoms with Crippen molar-refractivity contribution >= 4 is 29.4 Å². The third-order valence-corrected chi connectivity index (χ3v) is 4.95. The molecule has 0 aliphatic carbocycles. The van der Waals surface area contributed by atoms with Crippen LogP contribution in [-0.2, 0) is 14.3 Å². The Morgan fingerprint density at radius 1 is 1.07 bits per heavy atom. The summed E-state index contributed by atoms with van der Waals surface area (Å²) in [6.07, 6.45) is 4.63. The Labute approximate surface area is 171 Å². The largest absolute Gasteiger partial charge is 0.454 e. The van der Waals surface area contributed by atoms with Gasteiger partial charge in [0.05, 0.1) is 0 Å². The number of hydrogen-bond donors (Lipinski definition) is 1. The first-order chi connectivity index (χ1) is 13.4. The molecule has 0 aromatic heterocycles. The van der Waals surface area contributed by atoms with E-state index >= 15 is 0 Å². The van der Waals surface area contributed by atoms with Crippen molar-refractivity contribution in [2.24, 2.45) is 5.92 Å². The third-order valence-electron chi connectivity index (χ3n) is 4.70. The first kappa shape index (κ1) is 22.2. The van der Waals surface area contributed by atoms with E-state index in [0.29, 0.717) is 30.1 Å². The standard InChI is InChI=1S/C21H29ClN2O4/c1-15(2)13-18(23-20(26)16-7-9-17(22)10-8-16)21(27)28-14-19(25)24-11-5-3-4-6-12-24/h7-10,15,18H,3-6,11-14H2,1-2H3,(H,23,26). The van der Waals surface area contributed by atoms with Gasteiger partial charge in [-0.25, -0.2) is 4.79 Å². The molecular weight excluding hydrogens is 380 g/mol. The molecule has 1 heterocycles. The van der Waals surface area contributed by atoms with E-state index in [1.54, 1.807) is 29.2 Å². The van der Waals surface area contributed by atoms with Crippen LogP contribution in [0.2, 0.25) is 5.02 Å². The van der Waals surface area contributed by atoms with Crippen LogP contribution >= 0.6 is 11.6 Å². The van der Waals surface area contributed by atoms with E-state index in [1.807, 2.05) is 13.8 Å². The molecule has 1 N–H and O–H groups in total. The molecule has 28 heavy (non-hydrogen) atoms. The Morgan fingerprint density at radius 3 is 2.25 bits per heavy atom. The van der Waals surface area contributed by atoms with Gasteiger partial charge in [0, 0.05) is 23.7 Å². The molecule has 1 unspecified atom stereocenters. The first-order valence-electron chi connectivity index (χ1n) is 9.87. The van der Waals surface area contributed by atoms with Crippen LogP contribution in [0.25, 0.3) is 0 Å². The van der Waals surface area contributed by atoms with Crippen molar-refractivity contribution < 1.29 is 19.1 Å². The summed E-state index contributed by atoms with van der Waals surface area (Å²) in [4.78, 5) is 39.0. The summed E-state index contributed by atoms with van der Waals surface area (Å²) in [6.45, 7) is 5.04. The fraction of sp³-hybridized carbons (Fsp3) is 0.571. The Morgan fingerprint density at radius 2 is 1.68 bits per heavy atom. The maximum atomic E-state index is 12.5. The van der Waals surface area contributed by atoms with Crippen LogP contribution in [0.4, 0.5) is 0 Å². The van der Waals surface area contributed by atoms with Gasteiger partial charge in [0.1, 0.15) is 6.04 Å². The monoisotopic (exact) mass is 408 g/mol. The quantitative estimate of drug-likeness (QED) is 0.701. The minimum Gasteiger partial charge on any atom is -0.454 e. The number of rotatable bonds is 7. The minimum absolute atomic E-state index is 0.171. The molecule has 1 saturated heterocycles. The highest BCUT2D eigenvalue weighted by Gasteiger charge is 2.25. The molecule has 1 aliphatic heterocycles. The van der Waals surface area contributed by atoms with Crippen molar-refractivity contribution in [3.8, 4) is 0 Å². The van der Waals surface area contributed by atoms with Crippen molar-refractivity contribution in [2.45, 2.75) is 52.0 Å². The average Bonchev–Trinajstić information content (AvgIpc) is 2.95. The van der Waals surface area contributed by atoms with Gasteiger partial charge in [0.15, 0.2) is 6.61 Å². The minimum atomic E-state index is -0.805. The van der Waals surface area contributed by atoms with Gasteiger partial charge in [-0.15, -0.1) is 0 Å². The van der Waals surface area contributed by atoms with Crippen molar-refractivity contribution in [3.63, 3.8) is 0 Å². The molecule has 0 spiro atoms. The molecule has 2 amide bonds. The maximum Gasteiger partial charge on any atom is 0.329 e. The summed E-state index contributed by atoms with van der Waals surface area (Å²) >= 11 is 5.84. The zero-order valence-electron chi connectivity index (χ0n) is 16.6. The number of esters is 1. The van der Waals surface area contributed by atoms with Crippen molar-refractivity contribution in [2.75, 3.05) is 19.7 Å². The summed E-state index contributed by atoms with van der Waals surface area (Å²) in [5, 5.41) is 3.25. The molecule has 0 radical (unpaired) electrons. The van der Waals surface area contributed by atoms with Gasteiger partial charge in [-0.05, 0) is 49.4 Å². The van der Waals surface area contributed by atoms with Crippen molar-refractivity contribution in [3.05, 3.63) is 34.9 Å². The topological polar surface area (TPSA) is 75.7 Å². The molecule has 0 bridgehead atoms. The zero-order valence-corrected chi connectivity index (χ0v) is 17.3. The van der Waals surface area contributed by atoms with Gasteiger partial charge in [0.2, 0.25) is 0 Å². The molecule has 1 atom stereocenters. The predicted molar refractivity (Wildman–Crippen MR) is 108 cm³/mol. The van der Waals surface area contributed by atoms with E-state index in [0.717, 1.165) is 25.7 Å². The highest BCUT2D eigenvalue weighted by Crippen LogP contribution is 2.13. The summed E-state index contributed by atoms with van der Waals surface area (Å²) in [5.74, 6) is -0.968. The van der Waals surface area contributed by atoms with Gasteiger partial charge < -0.3 is 15.0 Å². The second kappa shape index (κ2) is 11.1. The van der Waals surface area contributed by atoms with Gasteiger partial charge in [0.25, 0.3) is 11.8 Å². The van der Waals surface area contributed by atoms with Crippen LogP contribution < -0.4 is 5.32 Å². The lowest BCUT2D eigenvalue weighted by Gasteiger charge is -2.22. The number of carbonyl (C=O) groups excluding carboxylic acids is 3. The van der Waals surface area contributed by atoms with Gasteiger partial charge in [-0.2, -0.15) is 0 Å². The SMILES string of the molecule is CC(C)CC(NC(=O)c1ccc(Cl)cc1)C(=O)OCC(=O)N1CCCCCC1. The maximum absolute atomic E-state index is 12.5. The lowest BCUT2D eigenvalue weighted by atomic mass is 10.0. The van der Waals surface area contributed by atoms with Gasteiger partial charge >= 0.3 is 5.97 Å². The number of benzene rings is 1. The van der Waals surface area contributed by atoms with Crippen LogP contribution in [0.15, 0.2) is 24.3 Å².